The molecule has 0 heterocycles. The van der Waals surface area contributed by atoms with Crippen LogP contribution in [0.25, 0.3) is 0 Å². The molecule has 0 saturated carbocycles. The Bertz CT molecular complexity index is 437. The quantitative estimate of drug-likeness (QED) is 0.748. The van der Waals surface area contributed by atoms with Crippen molar-refractivity contribution in [3.8, 4) is 5.75 Å². The number of para-hydroxylation sites is 1. The van der Waals surface area contributed by atoms with Crippen molar-refractivity contribution < 1.29 is 9.53 Å². The van der Waals surface area contributed by atoms with Gasteiger partial charge in [0.2, 0.25) is 0 Å². The summed E-state index contributed by atoms with van der Waals surface area (Å²) in [7, 11) is 0. The molecule has 1 atom stereocenters. The van der Waals surface area contributed by atoms with Crippen LogP contribution in [0.5, 0.6) is 5.75 Å². The SMILES string of the molecule is CCC(C)N(CCC(N)=S)C(=O)COc1ccccc1. The van der Waals surface area contributed by atoms with E-state index in [0.29, 0.717) is 23.7 Å². The molecule has 0 bridgehead atoms. The highest BCUT2D eigenvalue weighted by atomic mass is 32.1. The molecule has 5 heteroatoms. The minimum atomic E-state index is -0.0422. The van der Waals surface area contributed by atoms with Crippen molar-refractivity contribution >= 4 is 23.1 Å². The number of nitrogens with two attached hydrogens (primary N) is 1. The third kappa shape index (κ3) is 5.57. The van der Waals surface area contributed by atoms with Gasteiger partial charge in [0.25, 0.3) is 5.91 Å². The monoisotopic (exact) mass is 294 g/mol. The van der Waals surface area contributed by atoms with Gasteiger partial charge in [0.15, 0.2) is 6.61 Å². The zero-order chi connectivity index (χ0) is 15.0. The van der Waals surface area contributed by atoms with Crippen LogP contribution in [0.4, 0.5) is 0 Å². The van der Waals surface area contributed by atoms with Crippen LogP contribution in [0.1, 0.15) is 26.7 Å². The van der Waals surface area contributed by atoms with Gasteiger partial charge in [-0.2, -0.15) is 0 Å². The number of rotatable bonds is 8. The Hall–Kier alpha value is -1.62. The van der Waals surface area contributed by atoms with Gasteiger partial charge in [-0.1, -0.05) is 37.3 Å². The fraction of sp³-hybridized carbons (Fsp3) is 0.467. The number of carbonyl (C=O) groups excluding carboxylic acids is 1. The van der Waals surface area contributed by atoms with Gasteiger partial charge < -0.3 is 15.4 Å². The molecular weight excluding hydrogens is 272 g/mol. The van der Waals surface area contributed by atoms with Crippen molar-refractivity contribution in [2.45, 2.75) is 32.7 Å². The van der Waals surface area contributed by atoms with Crippen LogP contribution in [-0.4, -0.2) is 35.0 Å². The first-order valence-electron chi connectivity index (χ1n) is 6.80. The maximum atomic E-state index is 12.2. The molecule has 110 valence electrons. The Morgan fingerprint density at radius 3 is 2.60 bits per heavy atom. The van der Waals surface area contributed by atoms with E-state index in [9.17, 15) is 4.79 Å². The Morgan fingerprint density at radius 2 is 2.05 bits per heavy atom. The van der Waals surface area contributed by atoms with Gasteiger partial charge in [-0.25, -0.2) is 0 Å². The van der Waals surface area contributed by atoms with Crippen LogP contribution >= 0.6 is 12.2 Å². The lowest BCUT2D eigenvalue weighted by molar-refractivity contribution is -0.135. The number of hydrogen-bond donors (Lipinski definition) is 1. The summed E-state index contributed by atoms with van der Waals surface area (Å²) in [5, 5.41) is 0. The highest BCUT2D eigenvalue weighted by molar-refractivity contribution is 7.80. The summed E-state index contributed by atoms with van der Waals surface area (Å²) in [5.41, 5.74) is 5.51. The molecule has 0 aliphatic rings. The molecule has 1 rings (SSSR count). The summed E-state index contributed by atoms with van der Waals surface area (Å²) in [6.07, 6.45) is 1.42. The first kappa shape index (κ1) is 16.4. The molecule has 1 aromatic rings. The second-order valence-electron chi connectivity index (χ2n) is 4.66. The summed E-state index contributed by atoms with van der Waals surface area (Å²) in [4.78, 5) is 14.5. The maximum Gasteiger partial charge on any atom is 0.260 e. The number of hydrogen-bond acceptors (Lipinski definition) is 3. The lowest BCUT2D eigenvalue weighted by Gasteiger charge is -2.28. The van der Waals surface area contributed by atoms with Gasteiger partial charge >= 0.3 is 0 Å². The van der Waals surface area contributed by atoms with Crippen LogP contribution in [0, 0.1) is 0 Å². The van der Waals surface area contributed by atoms with Gasteiger partial charge in [0.1, 0.15) is 5.75 Å². The lowest BCUT2D eigenvalue weighted by atomic mass is 10.2. The van der Waals surface area contributed by atoms with Gasteiger partial charge in [-0.15, -0.1) is 0 Å². The molecule has 1 unspecified atom stereocenters. The predicted octanol–water partition coefficient (Wildman–Crippen LogP) is 2.37. The molecule has 0 saturated heterocycles. The first-order chi connectivity index (χ1) is 9.54. The van der Waals surface area contributed by atoms with E-state index >= 15 is 0 Å². The van der Waals surface area contributed by atoms with Crippen molar-refractivity contribution in [1.82, 2.24) is 4.90 Å². The molecule has 2 N–H and O–H groups in total. The Labute approximate surface area is 125 Å². The molecule has 20 heavy (non-hydrogen) atoms. The molecule has 1 amide bonds. The Kier molecular flexibility index (Phi) is 7.01. The van der Waals surface area contributed by atoms with E-state index in [2.05, 4.69) is 0 Å². The number of nitrogens with zero attached hydrogens (tertiary/aromatic N) is 1. The molecule has 0 aromatic heterocycles. The molecule has 0 spiro atoms. The van der Waals surface area contributed by atoms with E-state index in [-0.39, 0.29) is 18.6 Å². The summed E-state index contributed by atoms with van der Waals surface area (Å²) in [6.45, 7) is 4.64. The molecule has 0 aliphatic heterocycles. The summed E-state index contributed by atoms with van der Waals surface area (Å²) >= 11 is 4.87. The highest BCUT2D eigenvalue weighted by Gasteiger charge is 2.19. The normalized spacial score (nSPS) is 11.7. The fourth-order valence-corrected chi connectivity index (χ4v) is 1.88. The van der Waals surface area contributed by atoms with Crippen LogP contribution < -0.4 is 10.5 Å². The number of carbonyl (C=O) groups is 1. The second-order valence-corrected chi connectivity index (χ2v) is 5.19. The molecular formula is C15H22N2O2S. The van der Waals surface area contributed by atoms with E-state index < -0.39 is 0 Å². The number of benzene rings is 1. The molecule has 0 radical (unpaired) electrons. The number of thiocarbonyl (C=S) groups is 1. The van der Waals surface area contributed by atoms with E-state index in [1.165, 1.54) is 0 Å². The maximum absolute atomic E-state index is 12.2. The Morgan fingerprint density at radius 1 is 1.40 bits per heavy atom. The summed E-state index contributed by atoms with van der Waals surface area (Å²) in [5.74, 6) is 0.652. The second kappa shape index (κ2) is 8.53. The van der Waals surface area contributed by atoms with Gasteiger partial charge in [-0.05, 0) is 25.5 Å². The van der Waals surface area contributed by atoms with Gasteiger partial charge in [-0.3, -0.25) is 4.79 Å². The van der Waals surface area contributed by atoms with E-state index in [1.807, 2.05) is 44.2 Å². The van der Waals surface area contributed by atoms with Crippen LogP contribution in [0.15, 0.2) is 30.3 Å². The highest BCUT2D eigenvalue weighted by Crippen LogP contribution is 2.10. The van der Waals surface area contributed by atoms with Crippen molar-refractivity contribution in [3.05, 3.63) is 30.3 Å². The van der Waals surface area contributed by atoms with Gasteiger partial charge in [0, 0.05) is 19.0 Å². The molecule has 0 aliphatic carbocycles. The zero-order valence-electron chi connectivity index (χ0n) is 12.0. The summed E-state index contributed by atoms with van der Waals surface area (Å²) in [6, 6.07) is 9.46. The first-order valence-corrected chi connectivity index (χ1v) is 7.21. The Balaban J connectivity index is 2.56. The average molecular weight is 294 g/mol. The largest absolute Gasteiger partial charge is 0.484 e. The predicted molar refractivity (Wildman–Crippen MR) is 84.8 cm³/mol. The van der Waals surface area contributed by atoms with Crippen molar-refractivity contribution in [3.63, 3.8) is 0 Å². The topological polar surface area (TPSA) is 55.6 Å². The smallest absolute Gasteiger partial charge is 0.260 e. The minimum Gasteiger partial charge on any atom is -0.484 e. The van der Waals surface area contributed by atoms with Crippen LogP contribution in [0.3, 0.4) is 0 Å². The van der Waals surface area contributed by atoms with Crippen molar-refractivity contribution in [2.24, 2.45) is 5.73 Å². The van der Waals surface area contributed by atoms with E-state index in [1.54, 1.807) is 4.90 Å². The number of amides is 1. The number of ether oxygens (including phenoxy) is 1. The summed E-state index contributed by atoms with van der Waals surface area (Å²) < 4.78 is 5.49. The van der Waals surface area contributed by atoms with Crippen molar-refractivity contribution in [2.75, 3.05) is 13.2 Å². The van der Waals surface area contributed by atoms with Crippen LogP contribution in [-0.2, 0) is 4.79 Å². The lowest BCUT2D eigenvalue weighted by Crippen LogP contribution is -2.42. The fourth-order valence-electron chi connectivity index (χ4n) is 1.79. The molecule has 1 aromatic carbocycles. The average Bonchev–Trinajstić information content (AvgIpc) is 2.45. The van der Waals surface area contributed by atoms with Crippen molar-refractivity contribution in [1.29, 1.82) is 0 Å². The van der Waals surface area contributed by atoms with E-state index in [4.69, 9.17) is 22.7 Å². The van der Waals surface area contributed by atoms with E-state index in [0.717, 1.165) is 6.42 Å². The standard InChI is InChI=1S/C15H22N2O2S/c1-3-12(2)17(10-9-14(16)20)15(18)11-19-13-7-5-4-6-8-13/h4-8,12H,3,9-11H2,1-2H3,(H2,16,20). The minimum absolute atomic E-state index is 0.0334. The zero-order valence-corrected chi connectivity index (χ0v) is 12.9. The van der Waals surface area contributed by atoms with Crippen LogP contribution in [0.2, 0.25) is 0 Å². The third-order valence-corrected chi connectivity index (χ3v) is 3.35. The molecule has 0 fully saturated rings. The van der Waals surface area contributed by atoms with Gasteiger partial charge in [0.05, 0.1) is 4.99 Å². The third-order valence-electron chi connectivity index (χ3n) is 3.15. The molecule has 4 nitrogen and oxygen atoms in total.